The standard InChI is InChI=1S/C16H14ClNO3/c1-11-5-6-15(14(17)7-11)18-16(20)10-21-13-4-2-3-12(8-13)9-19/h2-9H,10H2,1H3,(H,18,20). The van der Waals surface area contributed by atoms with Gasteiger partial charge in [-0.15, -0.1) is 0 Å². The Balaban J connectivity index is 1.94. The molecule has 0 atom stereocenters. The van der Waals surface area contributed by atoms with Gasteiger partial charge in [0.25, 0.3) is 5.91 Å². The zero-order valence-electron chi connectivity index (χ0n) is 11.4. The molecule has 2 aromatic rings. The van der Waals surface area contributed by atoms with Crippen LogP contribution < -0.4 is 10.1 Å². The average molecular weight is 304 g/mol. The third-order valence-corrected chi connectivity index (χ3v) is 3.08. The summed E-state index contributed by atoms with van der Waals surface area (Å²) in [5.41, 5.74) is 2.05. The SMILES string of the molecule is Cc1ccc(NC(=O)COc2cccc(C=O)c2)c(Cl)c1. The highest BCUT2D eigenvalue weighted by atomic mass is 35.5. The number of aldehydes is 1. The number of amides is 1. The van der Waals surface area contributed by atoms with E-state index in [1.54, 1.807) is 36.4 Å². The van der Waals surface area contributed by atoms with E-state index in [0.29, 0.717) is 22.0 Å². The highest BCUT2D eigenvalue weighted by Gasteiger charge is 2.07. The fraction of sp³-hybridized carbons (Fsp3) is 0.125. The van der Waals surface area contributed by atoms with Gasteiger partial charge in [-0.1, -0.05) is 29.8 Å². The molecule has 0 unspecified atom stereocenters. The Labute approximate surface area is 127 Å². The van der Waals surface area contributed by atoms with E-state index >= 15 is 0 Å². The molecule has 0 saturated carbocycles. The maximum Gasteiger partial charge on any atom is 0.262 e. The van der Waals surface area contributed by atoms with Crippen molar-refractivity contribution >= 4 is 29.5 Å². The van der Waals surface area contributed by atoms with Gasteiger partial charge in [0, 0.05) is 5.56 Å². The van der Waals surface area contributed by atoms with Crippen molar-refractivity contribution in [2.75, 3.05) is 11.9 Å². The van der Waals surface area contributed by atoms with Gasteiger partial charge in [-0.2, -0.15) is 0 Å². The largest absolute Gasteiger partial charge is 0.484 e. The molecule has 0 radical (unpaired) electrons. The Morgan fingerprint density at radius 1 is 1.29 bits per heavy atom. The minimum atomic E-state index is -0.322. The maximum atomic E-state index is 11.8. The van der Waals surface area contributed by atoms with Crippen LogP contribution in [-0.4, -0.2) is 18.8 Å². The van der Waals surface area contributed by atoms with Gasteiger partial charge >= 0.3 is 0 Å². The number of rotatable bonds is 5. The van der Waals surface area contributed by atoms with Gasteiger partial charge in [0.15, 0.2) is 6.61 Å². The van der Waals surface area contributed by atoms with E-state index in [-0.39, 0.29) is 12.5 Å². The summed E-state index contributed by atoms with van der Waals surface area (Å²) in [6.07, 6.45) is 0.721. The Hall–Kier alpha value is -2.33. The second-order valence-electron chi connectivity index (χ2n) is 4.51. The molecular formula is C16H14ClNO3. The summed E-state index contributed by atoms with van der Waals surface area (Å²) in [7, 11) is 0. The van der Waals surface area contributed by atoms with Crippen molar-refractivity contribution in [2.24, 2.45) is 0 Å². The molecule has 2 rings (SSSR count). The molecule has 0 bridgehead atoms. The van der Waals surface area contributed by atoms with E-state index < -0.39 is 0 Å². The summed E-state index contributed by atoms with van der Waals surface area (Å²) in [5.74, 6) is 0.141. The lowest BCUT2D eigenvalue weighted by Crippen LogP contribution is -2.20. The number of aryl methyl sites for hydroxylation is 1. The van der Waals surface area contributed by atoms with Gasteiger partial charge in [0.05, 0.1) is 10.7 Å². The summed E-state index contributed by atoms with van der Waals surface area (Å²) < 4.78 is 5.33. The van der Waals surface area contributed by atoms with Crippen LogP contribution in [0.4, 0.5) is 5.69 Å². The topological polar surface area (TPSA) is 55.4 Å². The summed E-state index contributed by atoms with van der Waals surface area (Å²) in [6, 6.07) is 12.0. The number of carbonyl (C=O) groups is 2. The predicted octanol–water partition coefficient (Wildman–Crippen LogP) is 3.48. The number of nitrogens with one attached hydrogen (secondary N) is 1. The second kappa shape index (κ2) is 6.90. The Bertz CT molecular complexity index is 670. The van der Waals surface area contributed by atoms with Crippen molar-refractivity contribution < 1.29 is 14.3 Å². The third-order valence-electron chi connectivity index (χ3n) is 2.76. The van der Waals surface area contributed by atoms with Crippen molar-refractivity contribution in [2.45, 2.75) is 6.92 Å². The van der Waals surface area contributed by atoms with Crippen LogP contribution in [0.3, 0.4) is 0 Å². The highest BCUT2D eigenvalue weighted by Crippen LogP contribution is 2.22. The van der Waals surface area contributed by atoms with E-state index in [1.165, 1.54) is 0 Å². The molecule has 0 aliphatic rings. The van der Waals surface area contributed by atoms with Crippen molar-refractivity contribution in [3.63, 3.8) is 0 Å². The van der Waals surface area contributed by atoms with Crippen LogP contribution in [0.15, 0.2) is 42.5 Å². The van der Waals surface area contributed by atoms with Gasteiger partial charge < -0.3 is 10.1 Å². The molecule has 0 heterocycles. The maximum absolute atomic E-state index is 11.8. The molecule has 21 heavy (non-hydrogen) atoms. The minimum absolute atomic E-state index is 0.160. The fourth-order valence-corrected chi connectivity index (χ4v) is 2.02. The lowest BCUT2D eigenvalue weighted by molar-refractivity contribution is -0.118. The van der Waals surface area contributed by atoms with Crippen LogP contribution in [0.1, 0.15) is 15.9 Å². The quantitative estimate of drug-likeness (QED) is 0.860. The van der Waals surface area contributed by atoms with E-state index in [0.717, 1.165) is 11.8 Å². The first-order valence-corrected chi connectivity index (χ1v) is 6.70. The van der Waals surface area contributed by atoms with Crippen molar-refractivity contribution in [1.29, 1.82) is 0 Å². The van der Waals surface area contributed by atoms with E-state index in [4.69, 9.17) is 16.3 Å². The molecular weight excluding hydrogens is 290 g/mol. The molecule has 2 aromatic carbocycles. The predicted molar refractivity (Wildman–Crippen MR) is 82.1 cm³/mol. The lowest BCUT2D eigenvalue weighted by Gasteiger charge is -2.09. The van der Waals surface area contributed by atoms with E-state index in [9.17, 15) is 9.59 Å². The smallest absolute Gasteiger partial charge is 0.262 e. The van der Waals surface area contributed by atoms with Crippen LogP contribution in [0.5, 0.6) is 5.75 Å². The number of halogens is 1. The van der Waals surface area contributed by atoms with Crippen molar-refractivity contribution in [1.82, 2.24) is 0 Å². The Kier molecular flexibility index (Phi) is 4.95. The van der Waals surface area contributed by atoms with Gasteiger partial charge in [0.1, 0.15) is 12.0 Å². The molecule has 0 spiro atoms. The number of ether oxygens (including phenoxy) is 1. The Morgan fingerprint density at radius 3 is 2.81 bits per heavy atom. The van der Waals surface area contributed by atoms with Crippen LogP contribution in [0.2, 0.25) is 5.02 Å². The summed E-state index contributed by atoms with van der Waals surface area (Å²) in [4.78, 5) is 22.5. The molecule has 0 fully saturated rings. The first kappa shape index (κ1) is 15.1. The normalized spacial score (nSPS) is 10.0. The number of hydrogen-bond donors (Lipinski definition) is 1. The van der Waals surface area contributed by atoms with Crippen LogP contribution >= 0.6 is 11.6 Å². The van der Waals surface area contributed by atoms with Gasteiger partial charge in [0.2, 0.25) is 0 Å². The minimum Gasteiger partial charge on any atom is -0.484 e. The zero-order chi connectivity index (χ0) is 15.2. The van der Waals surface area contributed by atoms with E-state index in [1.807, 2.05) is 13.0 Å². The van der Waals surface area contributed by atoms with Crippen LogP contribution in [0, 0.1) is 6.92 Å². The highest BCUT2D eigenvalue weighted by molar-refractivity contribution is 6.33. The molecule has 4 nitrogen and oxygen atoms in total. The average Bonchev–Trinajstić information content (AvgIpc) is 2.48. The number of benzene rings is 2. The monoisotopic (exact) mass is 303 g/mol. The fourth-order valence-electron chi connectivity index (χ4n) is 1.73. The molecule has 5 heteroatoms. The number of carbonyl (C=O) groups excluding carboxylic acids is 2. The van der Waals surface area contributed by atoms with Gasteiger partial charge in [-0.25, -0.2) is 0 Å². The van der Waals surface area contributed by atoms with Crippen molar-refractivity contribution in [3.05, 3.63) is 58.6 Å². The molecule has 1 N–H and O–H groups in total. The lowest BCUT2D eigenvalue weighted by atomic mass is 10.2. The molecule has 0 aliphatic heterocycles. The molecule has 1 amide bonds. The summed E-state index contributed by atoms with van der Waals surface area (Å²) in [5, 5.41) is 3.15. The van der Waals surface area contributed by atoms with Gasteiger partial charge in [-0.05, 0) is 36.8 Å². The second-order valence-corrected chi connectivity index (χ2v) is 4.92. The first-order chi connectivity index (χ1) is 10.1. The molecule has 0 aromatic heterocycles. The third kappa shape index (κ3) is 4.33. The zero-order valence-corrected chi connectivity index (χ0v) is 12.2. The first-order valence-electron chi connectivity index (χ1n) is 6.32. The summed E-state index contributed by atoms with van der Waals surface area (Å²) >= 11 is 6.04. The van der Waals surface area contributed by atoms with E-state index in [2.05, 4.69) is 5.32 Å². The summed E-state index contributed by atoms with van der Waals surface area (Å²) in [6.45, 7) is 1.76. The number of anilines is 1. The van der Waals surface area contributed by atoms with Crippen molar-refractivity contribution in [3.8, 4) is 5.75 Å². The van der Waals surface area contributed by atoms with Crippen LogP contribution in [0.25, 0.3) is 0 Å². The van der Waals surface area contributed by atoms with Gasteiger partial charge in [-0.3, -0.25) is 9.59 Å². The Morgan fingerprint density at radius 2 is 2.10 bits per heavy atom. The molecule has 0 aliphatic carbocycles. The molecule has 108 valence electrons. The number of hydrogen-bond acceptors (Lipinski definition) is 3. The van der Waals surface area contributed by atoms with Crippen LogP contribution in [-0.2, 0) is 4.79 Å². The molecule has 0 saturated heterocycles.